The Morgan fingerprint density at radius 3 is 2.39 bits per heavy atom. The highest BCUT2D eigenvalue weighted by Crippen LogP contribution is 2.23. The van der Waals surface area contributed by atoms with Gasteiger partial charge in [-0.2, -0.15) is 0 Å². The fourth-order valence-electron chi connectivity index (χ4n) is 3.81. The summed E-state index contributed by atoms with van der Waals surface area (Å²) in [5, 5.41) is 2.75. The Hall–Kier alpha value is -4.46. The summed E-state index contributed by atoms with van der Waals surface area (Å²) in [6, 6.07) is 21.6. The topological polar surface area (TPSA) is 77.6 Å². The first-order valence-corrected chi connectivity index (χ1v) is 10.2. The van der Waals surface area contributed by atoms with Crippen LogP contribution in [-0.4, -0.2) is 27.0 Å². The van der Waals surface area contributed by atoms with Crippen LogP contribution >= 0.6 is 0 Å². The van der Waals surface area contributed by atoms with Gasteiger partial charge < -0.3 is 14.6 Å². The van der Waals surface area contributed by atoms with Crippen LogP contribution in [0.25, 0.3) is 28.1 Å². The number of benzene rings is 3. The van der Waals surface area contributed by atoms with Crippen molar-refractivity contribution in [2.24, 2.45) is 0 Å². The minimum atomic E-state index is -0.384. The first kappa shape index (κ1) is 20.4. The van der Waals surface area contributed by atoms with Gasteiger partial charge in [-0.15, -0.1) is 0 Å². The van der Waals surface area contributed by atoms with Crippen LogP contribution in [0.1, 0.15) is 0 Å². The summed E-state index contributed by atoms with van der Waals surface area (Å²) < 4.78 is 21.6. The summed E-state index contributed by atoms with van der Waals surface area (Å²) in [5.41, 5.74) is 2.82. The molecule has 0 bridgehead atoms. The molecule has 5 aromatic rings. The third-order valence-electron chi connectivity index (χ3n) is 5.37. The molecule has 0 saturated heterocycles. The molecule has 0 saturated carbocycles. The molecule has 164 valence electrons. The van der Waals surface area contributed by atoms with E-state index in [1.54, 1.807) is 23.8 Å². The number of carbonyl (C=O) groups is 1. The minimum absolute atomic E-state index is 0.0765. The number of nitrogens with zero attached hydrogens (tertiary/aromatic N) is 3. The average Bonchev–Trinajstić information content (AvgIpc) is 3.14. The second kappa shape index (κ2) is 8.23. The zero-order valence-electron chi connectivity index (χ0n) is 17.7. The highest BCUT2D eigenvalue weighted by molar-refractivity contribution is 5.92. The van der Waals surface area contributed by atoms with Crippen molar-refractivity contribution in [2.75, 3.05) is 12.4 Å². The quantitative estimate of drug-likeness (QED) is 0.445. The Labute approximate surface area is 187 Å². The molecule has 2 heterocycles. The highest BCUT2D eigenvalue weighted by Gasteiger charge is 2.17. The normalized spacial score (nSPS) is 11.1. The Kier molecular flexibility index (Phi) is 5.10. The third-order valence-corrected chi connectivity index (χ3v) is 5.37. The van der Waals surface area contributed by atoms with E-state index in [9.17, 15) is 14.0 Å². The first-order valence-electron chi connectivity index (χ1n) is 10.2. The number of carbonyl (C=O) groups excluding carboxylic acids is 1. The van der Waals surface area contributed by atoms with Crippen molar-refractivity contribution >= 4 is 28.4 Å². The monoisotopic (exact) mass is 442 g/mol. The zero-order chi connectivity index (χ0) is 22.9. The van der Waals surface area contributed by atoms with E-state index < -0.39 is 0 Å². The molecule has 0 aliphatic heterocycles. The van der Waals surface area contributed by atoms with Crippen LogP contribution in [-0.2, 0) is 11.3 Å². The van der Waals surface area contributed by atoms with Gasteiger partial charge in [0, 0.05) is 17.3 Å². The zero-order valence-corrected chi connectivity index (χ0v) is 17.7. The van der Waals surface area contributed by atoms with Gasteiger partial charge in [0.05, 0.1) is 23.8 Å². The number of halogens is 1. The number of amides is 1. The number of fused-ring (bicyclic) bond motifs is 3. The molecule has 0 fully saturated rings. The number of methoxy groups -OCH3 is 1. The maximum atomic E-state index is 13.2. The van der Waals surface area contributed by atoms with Crippen LogP contribution in [0.5, 0.6) is 5.75 Å². The van der Waals surface area contributed by atoms with Crippen LogP contribution < -0.4 is 15.6 Å². The largest absolute Gasteiger partial charge is 0.497 e. The van der Waals surface area contributed by atoms with Gasteiger partial charge in [-0.05, 0) is 60.7 Å². The van der Waals surface area contributed by atoms with Crippen LogP contribution in [0.3, 0.4) is 0 Å². The summed E-state index contributed by atoms with van der Waals surface area (Å²) in [4.78, 5) is 30.6. The lowest BCUT2D eigenvalue weighted by atomic mass is 10.1. The lowest BCUT2D eigenvalue weighted by molar-refractivity contribution is -0.116. The van der Waals surface area contributed by atoms with Crippen molar-refractivity contribution in [3.63, 3.8) is 0 Å². The maximum absolute atomic E-state index is 13.2. The number of para-hydroxylation sites is 2. The van der Waals surface area contributed by atoms with Crippen LogP contribution in [0, 0.1) is 5.82 Å². The fraction of sp³-hybridized carbons (Fsp3) is 0.0800. The van der Waals surface area contributed by atoms with Gasteiger partial charge >= 0.3 is 0 Å². The standard InChI is InChI=1S/C25H19FN4O3/c1-33-19-12-6-16(7-13-19)20-14-24(32)30-22-5-3-2-4-21(22)29(25(30)28-20)15-23(31)27-18-10-8-17(26)9-11-18/h2-14H,15H2,1H3,(H,27,31). The summed E-state index contributed by atoms with van der Waals surface area (Å²) in [7, 11) is 1.58. The SMILES string of the molecule is COc1ccc(-c2cc(=O)n3c4ccccc4n(CC(=O)Nc4ccc(F)cc4)c3n2)cc1. The Morgan fingerprint density at radius 2 is 1.70 bits per heavy atom. The minimum Gasteiger partial charge on any atom is -0.497 e. The molecular formula is C25H19FN4O3. The average molecular weight is 442 g/mol. The van der Waals surface area contributed by atoms with E-state index in [0.717, 1.165) is 5.56 Å². The molecule has 2 aromatic heterocycles. The molecule has 0 unspecified atom stereocenters. The molecule has 0 aliphatic rings. The Bertz CT molecular complexity index is 1540. The second-order valence-electron chi connectivity index (χ2n) is 7.47. The number of hydrogen-bond acceptors (Lipinski definition) is 4. The van der Waals surface area contributed by atoms with Crippen molar-refractivity contribution in [2.45, 2.75) is 6.54 Å². The van der Waals surface area contributed by atoms with E-state index in [-0.39, 0.29) is 23.8 Å². The fourth-order valence-corrected chi connectivity index (χ4v) is 3.81. The molecule has 1 amide bonds. The van der Waals surface area contributed by atoms with E-state index in [2.05, 4.69) is 5.32 Å². The maximum Gasteiger partial charge on any atom is 0.260 e. The van der Waals surface area contributed by atoms with Crippen molar-refractivity contribution < 1.29 is 13.9 Å². The molecule has 0 radical (unpaired) electrons. The number of nitrogens with one attached hydrogen (secondary N) is 1. The van der Waals surface area contributed by atoms with E-state index in [0.29, 0.717) is 33.9 Å². The molecule has 5 rings (SSSR count). The van der Waals surface area contributed by atoms with Gasteiger partial charge in [0.1, 0.15) is 18.1 Å². The van der Waals surface area contributed by atoms with Gasteiger partial charge in [0.2, 0.25) is 11.7 Å². The van der Waals surface area contributed by atoms with E-state index in [1.165, 1.54) is 34.7 Å². The number of anilines is 1. The van der Waals surface area contributed by atoms with Crippen molar-refractivity contribution in [1.82, 2.24) is 14.0 Å². The summed E-state index contributed by atoms with van der Waals surface area (Å²) in [5.74, 6) is 0.339. The first-order chi connectivity index (χ1) is 16.0. The molecule has 1 N–H and O–H groups in total. The van der Waals surface area contributed by atoms with Gasteiger partial charge in [0.15, 0.2) is 0 Å². The molecule has 0 atom stereocenters. The predicted octanol–water partition coefficient (Wildman–Crippen LogP) is 4.10. The van der Waals surface area contributed by atoms with E-state index in [1.807, 2.05) is 36.4 Å². The number of imidazole rings is 1. The van der Waals surface area contributed by atoms with Gasteiger partial charge in [-0.1, -0.05) is 12.1 Å². The molecule has 3 aromatic carbocycles. The Morgan fingerprint density at radius 1 is 1.00 bits per heavy atom. The smallest absolute Gasteiger partial charge is 0.260 e. The third kappa shape index (κ3) is 3.82. The molecule has 0 spiro atoms. The Balaban J connectivity index is 1.61. The molecule has 0 aliphatic carbocycles. The van der Waals surface area contributed by atoms with E-state index >= 15 is 0 Å². The van der Waals surface area contributed by atoms with Crippen molar-refractivity contribution in [1.29, 1.82) is 0 Å². The summed E-state index contributed by atoms with van der Waals surface area (Å²) >= 11 is 0. The van der Waals surface area contributed by atoms with Gasteiger partial charge in [-0.3, -0.25) is 9.59 Å². The van der Waals surface area contributed by atoms with Gasteiger partial charge in [-0.25, -0.2) is 13.8 Å². The predicted molar refractivity (Wildman–Crippen MR) is 124 cm³/mol. The number of hydrogen-bond donors (Lipinski definition) is 1. The summed E-state index contributed by atoms with van der Waals surface area (Å²) in [6.45, 7) is -0.0765. The molecule has 33 heavy (non-hydrogen) atoms. The molecular weight excluding hydrogens is 423 g/mol. The molecule has 7 nitrogen and oxygen atoms in total. The molecule has 8 heteroatoms. The van der Waals surface area contributed by atoms with Crippen LogP contribution in [0.2, 0.25) is 0 Å². The number of rotatable bonds is 5. The second-order valence-corrected chi connectivity index (χ2v) is 7.47. The highest BCUT2D eigenvalue weighted by atomic mass is 19.1. The lowest BCUT2D eigenvalue weighted by Crippen LogP contribution is -2.20. The lowest BCUT2D eigenvalue weighted by Gasteiger charge is -2.09. The van der Waals surface area contributed by atoms with Crippen molar-refractivity contribution in [3.05, 3.63) is 95.0 Å². The van der Waals surface area contributed by atoms with Crippen LogP contribution in [0.15, 0.2) is 83.7 Å². The number of aromatic nitrogens is 3. The van der Waals surface area contributed by atoms with Crippen molar-refractivity contribution in [3.8, 4) is 17.0 Å². The summed E-state index contributed by atoms with van der Waals surface area (Å²) in [6.07, 6.45) is 0. The van der Waals surface area contributed by atoms with E-state index in [4.69, 9.17) is 9.72 Å². The van der Waals surface area contributed by atoms with Gasteiger partial charge in [0.25, 0.3) is 5.56 Å². The number of ether oxygens (including phenoxy) is 1. The van der Waals surface area contributed by atoms with Crippen LogP contribution in [0.4, 0.5) is 10.1 Å².